The molecule has 0 saturated heterocycles. The van der Waals surface area contributed by atoms with E-state index in [0.717, 1.165) is 24.2 Å². The molecular weight excluding hydrogens is 216 g/mol. The van der Waals surface area contributed by atoms with E-state index >= 15 is 0 Å². The molecule has 17 heavy (non-hydrogen) atoms. The average molecular weight is 236 g/mol. The van der Waals surface area contributed by atoms with Crippen LogP contribution >= 0.6 is 0 Å². The van der Waals surface area contributed by atoms with Crippen molar-refractivity contribution in [2.75, 3.05) is 13.7 Å². The van der Waals surface area contributed by atoms with E-state index in [-0.39, 0.29) is 0 Å². The van der Waals surface area contributed by atoms with Gasteiger partial charge in [0.25, 0.3) is 0 Å². The predicted octanol–water partition coefficient (Wildman–Crippen LogP) is 3.09. The van der Waals surface area contributed by atoms with Gasteiger partial charge in [-0.05, 0) is 31.9 Å². The maximum absolute atomic E-state index is 9.63. The molecule has 3 nitrogen and oxygen atoms in total. The molecule has 1 N–H and O–H groups in total. The van der Waals surface area contributed by atoms with Crippen LogP contribution in [-0.2, 0) is 0 Å². The van der Waals surface area contributed by atoms with Crippen LogP contribution in [0.2, 0.25) is 0 Å². The molecule has 1 aromatic carbocycles. The van der Waals surface area contributed by atoms with Gasteiger partial charge in [0, 0.05) is 11.6 Å². The first-order valence-corrected chi connectivity index (χ1v) is 5.78. The second-order valence-electron chi connectivity index (χ2n) is 3.86. The third-order valence-electron chi connectivity index (χ3n) is 2.48. The van der Waals surface area contributed by atoms with Gasteiger partial charge in [-0.15, -0.1) is 6.58 Å². The normalized spacial score (nSPS) is 11.9. The summed E-state index contributed by atoms with van der Waals surface area (Å²) in [5.74, 6) is 1.41. The summed E-state index contributed by atoms with van der Waals surface area (Å²) in [6.45, 7) is 5.99. The Labute approximate surface area is 103 Å². The highest BCUT2D eigenvalue weighted by Gasteiger charge is 2.10. The van der Waals surface area contributed by atoms with Crippen molar-refractivity contribution in [2.24, 2.45) is 0 Å². The Balaban J connectivity index is 2.74. The molecule has 1 aromatic rings. The molecule has 0 unspecified atom stereocenters. The van der Waals surface area contributed by atoms with Crippen LogP contribution in [0.15, 0.2) is 30.9 Å². The van der Waals surface area contributed by atoms with Gasteiger partial charge in [-0.3, -0.25) is 0 Å². The molecule has 0 radical (unpaired) electrons. The van der Waals surface area contributed by atoms with Gasteiger partial charge in [0.2, 0.25) is 0 Å². The van der Waals surface area contributed by atoms with E-state index in [1.807, 2.05) is 18.2 Å². The summed E-state index contributed by atoms with van der Waals surface area (Å²) in [7, 11) is 1.61. The third-order valence-corrected chi connectivity index (χ3v) is 2.48. The summed E-state index contributed by atoms with van der Waals surface area (Å²) in [5.41, 5.74) is 0.782. The molecule has 1 rings (SSSR count). The van der Waals surface area contributed by atoms with Crippen molar-refractivity contribution in [1.82, 2.24) is 0 Å². The Bertz CT molecular complexity index is 358. The van der Waals surface area contributed by atoms with Crippen molar-refractivity contribution in [3.63, 3.8) is 0 Å². The molecule has 1 atom stereocenters. The number of benzene rings is 1. The largest absolute Gasteiger partial charge is 0.497 e. The first kappa shape index (κ1) is 13.6. The van der Waals surface area contributed by atoms with E-state index in [1.54, 1.807) is 20.1 Å². The molecule has 0 aliphatic heterocycles. The zero-order valence-corrected chi connectivity index (χ0v) is 10.5. The Kier molecular flexibility index (Phi) is 5.57. The molecule has 0 saturated carbocycles. The molecule has 0 aliphatic rings. The first-order valence-electron chi connectivity index (χ1n) is 5.78. The second kappa shape index (κ2) is 6.97. The van der Waals surface area contributed by atoms with Gasteiger partial charge in [0.15, 0.2) is 0 Å². The summed E-state index contributed by atoms with van der Waals surface area (Å²) in [4.78, 5) is 0. The van der Waals surface area contributed by atoms with Crippen molar-refractivity contribution >= 4 is 0 Å². The highest BCUT2D eigenvalue weighted by Crippen LogP contribution is 2.29. The fourth-order valence-electron chi connectivity index (χ4n) is 1.52. The maximum atomic E-state index is 9.63. The number of aliphatic hydroxyl groups is 1. The van der Waals surface area contributed by atoms with Gasteiger partial charge in [0.05, 0.1) is 19.8 Å². The number of hydrogen-bond donors (Lipinski definition) is 1. The summed E-state index contributed by atoms with van der Waals surface area (Å²) in [6.07, 6.45) is 3.16. The Morgan fingerprint density at radius 3 is 2.82 bits per heavy atom. The topological polar surface area (TPSA) is 38.7 Å². The minimum Gasteiger partial charge on any atom is -0.497 e. The van der Waals surface area contributed by atoms with E-state index in [1.165, 1.54) is 0 Å². The molecule has 0 bridgehead atoms. The van der Waals surface area contributed by atoms with Crippen LogP contribution in [0, 0.1) is 0 Å². The van der Waals surface area contributed by atoms with Gasteiger partial charge in [-0.25, -0.2) is 0 Å². The summed E-state index contributed by atoms with van der Waals surface area (Å²) in [6, 6.07) is 5.45. The highest BCUT2D eigenvalue weighted by molar-refractivity contribution is 5.41. The number of hydrogen-bond acceptors (Lipinski definition) is 3. The van der Waals surface area contributed by atoms with Crippen LogP contribution in [0.5, 0.6) is 11.5 Å². The van der Waals surface area contributed by atoms with Crippen molar-refractivity contribution in [2.45, 2.75) is 25.9 Å². The fraction of sp³-hybridized carbons (Fsp3) is 0.429. The van der Waals surface area contributed by atoms with Crippen LogP contribution < -0.4 is 9.47 Å². The second-order valence-corrected chi connectivity index (χ2v) is 3.86. The van der Waals surface area contributed by atoms with Gasteiger partial charge >= 0.3 is 0 Å². The highest BCUT2D eigenvalue weighted by atomic mass is 16.5. The van der Waals surface area contributed by atoms with Crippen molar-refractivity contribution in [3.8, 4) is 11.5 Å². The van der Waals surface area contributed by atoms with Crippen LogP contribution in [0.1, 0.15) is 31.4 Å². The van der Waals surface area contributed by atoms with E-state index in [9.17, 15) is 5.11 Å². The molecule has 0 heterocycles. The third kappa shape index (κ3) is 4.11. The molecule has 0 fully saturated rings. The average Bonchev–Trinajstić information content (AvgIpc) is 2.34. The maximum Gasteiger partial charge on any atom is 0.128 e. The van der Waals surface area contributed by atoms with E-state index in [0.29, 0.717) is 12.4 Å². The standard InChI is InChI=1S/C14H20O3/c1-4-5-6-9-17-14-10-12(16-3)7-8-13(14)11(2)15/h4,7-8,10-11,15H,1,5-6,9H2,2-3H3/t11-/m1/s1. The number of methoxy groups -OCH3 is 1. The minimum absolute atomic E-state index is 0.546. The van der Waals surface area contributed by atoms with Crippen molar-refractivity contribution in [3.05, 3.63) is 36.4 Å². The summed E-state index contributed by atoms with van der Waals surface area (Å²) >= 11 is 0. The smallest absolute Gasteiger partial charge is 0.128 e. The lowest BCUT2D eigenvalue weighted by Gasteiger charge is -2.14. The quantitative estimate of drug-likeness (QED) is 0.584. The summed E-state index contributed by atoms with van der Waals surface area (Å²) < 4.78 is 10.8. The van der Waals surface area contributed by atoms with Crippen molar-refractivity contribution < 1.29 is 14.6 Å². The number of aliphatic hydroxyl groups excluding tert-OH is 1. The van der Waals surface area contributed by atoms with Crippen molar-refractivity contribution in [1.29, 1.82) is 0 Å². The van der Waals surface area contributed by atoms with E-state index < -0.39 is 6.10 Å². The van der Waals surface area contributed by atoms with E-state index in [4.69, 9.17) is 9.47 Å². The molecule has 0 aliphatic carbocycles. The zero-order valence-electron chi connectivity index (χ0n) is 10.5. The molecule has 0 spiro atoms. The van der Waals surface area contributed by atoms with Crippen LogP contribution in [0.25, 0.3) is 0 Å². The predicted molar refractivity (Wildman–Crippen MR) is 68.6 cm³/mol. The van der Waals surface area contributed by atoms with Gasteiger partial charge in [0.1, 0.15) is 11.5 Å². The van der Waals surface area contributed by atoms with E-state index in [2.05, 4.69) is 6.58 Å². The zero-order chi connectivity index (χ0) is 12.7. The van der Waals surface area contributed by atoms with Gasteiger partial charge < -0.3 is 14.6 Å². The van der Waals surface area contributed by atoms with Crippen LogP contribution in [-0.4, -0.2) is 18.8 Å². The lowest BCUT2D eigenvalue weighted by molar-refractivity contribution is 0.190. The SMILES string of the molecule is C=CCCCOc1cc(OC)ccc1[C@@H](C)O. The minimum atomic E-state index is -0.546. The van der Waals surface area contributed by atoms with Gasteiger partial charge in [-0.1, -0.05) is 6.08 Å². The van der Waals surface area contributed by atoms with Crippen LogP contribution in [0.4, 0.5) is 0 Å². The van der Waals surface area contributed by atoms with Crippen LogP contribution in [0.3, 0.4) is 0 Å². The lowest BCUT2D eigenvalue weighted by atomic mass is 10.1. The number of ether oxygens (including phenoxy) is 2. The Hall–Kier alpha value is -1.48. The molecule has 94 valence electrons. The monoisotopic (exact) mass is 236 g/mol. The number of rotatable bonds is 7. The molecule has 0 aromatic heterocycles. The number of unbranched alkanes of at least 4 members (excludes halogenated alkanes) is 1. The Morgan fingerprint density at radius 2 is 2.24 bits per heavy atom. The number of allylic oxidation sites excluding steroid dienone is 1. The lowest BCUT2D eigenvalue weighted by Crippen LogP contribution is -2.02. The molecule has 0 amide bonds. The molecule has 3 heteroatoms. The first-order chi connectivity index (χ1) is 8.19. The molecular formula is C14H20O3. The van der Waals surface area contributed by atoms with Gasteiger partial charge in [-0.2, -0.15) is 0 Å². The Morgan fingerprint density at radius 1 is 1.47 bits per heavy atom. The fourth-order valence-corrected chi connectivity index (χ4v) is 1.52. The summed E-state index contributed by atoms with van der Waals surface area (Å²) in [5, 5.41) is 9.63.